The molecule has 0 spiro atoms. The summed E-state index contributed by atoms with van der Waals surface area (Å²) in [4.78, 5) is 51.3. The van der Waals surface area contributed by atoms with Crippen LogP contribution < -0.4 is 20.6 Å². The third-order valence-electron chi connectivity index (χ3n) is 8.22. The number of nitrogens with one attached hydrogen (secondary N) is 2. The van der Waals surface area contributed by atoms with Crippen molar-refractivity contribution in [3.63, 3.8) is 0 Å². The molecule has 2 amide bonds. The van der Waals surface area contributed by atoms with Gasteiger partial charge < -0.3 is 40.8 Å². The molecule has 0 fully saturated rings. The smallest absolute Gasteiger partial charge is 0.342 e. The van der Waals surface area contributed by atoms with Gasteiger partial charge in [0.25, 0.3) is 0 Å². The number of methoxy groups -OCH3 is 1. The molecule has 3 aromatic rings. The summed E-state index contributed by atoms with van der Waals surface area (Å²) in [6.45, 7) is 1.58. The molecule has 2 atom stereocenters. The summed E-state index contributed by atoms with van der Waals surface area (Å²) in [6, 6.07) is 8.07. The zero-order valence-electron chi connectivity index (χ0n) is 28.0. The molecule has 15 nitrogen and oxygen atoms in total. The second kappa shape index (κ2) is 17.8. The molecule has 2 heterocycles. The van der Waals surface area contributed by atoms with Crippen molar-refractivity contribution in [3.05, 3.63) is 76.3 Å². The number of anilines is 1. The monoisotopic (exact) mass is 692 g/mol. The van der Waals surface area contributed by atoms with E-state index in [1.165, 1.54) is 19.4 Å². The van der Waals surface area contributed by atoms with Crippen molar-refractivity contribution in [2.24, 2.45) is 0 Å². The molecule has 2 aromatic carbocycles. The number of hydrogen-bond donors (Lipinski definition) is 5. The van der Waals surface area contributed by atoms with E-state index in [2.05, 4.69) is 15.7 Å². The predicted octanol–water partition coefficient (Wildman–Crippen LogP) is 3.93. The Kier molecular flexibility index (Phi) is 13.3. The highest BCUT2D eigenvalue weighted by Gasteiger charge is 2.31. The molecule has 1 aromatic heterocycles. The number of carbonyl (C=O) groups excluding carboxylic acids is 4. The Labute approximate surface area is 289 Å². The van der Waals surface area contributed by atoms with Crippen molar-refractivity contribution in [2.75, 3.05) is 25.4 Å². The van der Waals surface area contributed by atoms with Crippen LogP contribution in [0.15, 0.2) is 48.8 Å². The highest BCUT2D eigenvalue weighted by atomic mass is 16.8. The lowest BCUT2D eigenvalue weighted by Crippen LogP contribution is -2.36. The van der Waals surface area contributed by atoms with Gasteiger partial charge in [0.1, 0.15) is 35.1 Å². The maximum Gasteiger partial charge on any atom is 0.342 e. The van der Waals surface area contributed by atoms with Crippen molar-refractivity contribution in [3.8, 4) is 17.2 Å². The van der Waals surface area contributed by atoms with E-state index >= 15 is 0 Å². The van der Waals surface area contributed by atoms with Crippen molar-refractivity contribution in [1.82, 2.24) is 20.4 Å². The van der Waals surface area contributed by atoms with Gasteiger partial charge in [0, 0.05) is 43.8 Å². The van der Waals surface area contributed by atoms with Crippen molar-refractivity contribution in [2.45, 2.75) is 70.4 Å². The lowest BCUT2D eigenvalue weighted by Gasteiger charge is -2.23. The number of aromatic nitrogens is 2. The van der Waals surface area contributed by atoms with Crippen molar-refractivity contribution in [1.29, 1.82) is 0 Å². The first-order valence-electron chi connectivity index (χ1n) is 16.3. The normalized spacial score (nSPS) is 16.0. The van der Waals surface area contributed by atoms with Gasteiger partial charge >= 0.3 is 5.97 Å². The number of phenols is 2. The van der Waals surface area contributed by atoms with Gasteiger partial charge in [-0.2, -0.15) is 5.10 Å². The average molecular weight is 693 g/mol. The molecular formula is C35H42N5O10-. The molecule has 2 unspecified atom stereocenters. The van der Waals surface area contributed by atoms with Gasteiger partial charge in [0.15, 0.2) is 0 Å². The number of ether oxygens (including phenoxy) is 2. The molecule has 268 valence electrons. The van der Waals surface area contributed by atoms with Crippen LogP contribution in [0.1, 0.15) is 84.8 Å². The fourth-order valence-electron chi connectivity index (χ4n) is 5.64. The number of Topliss-reactive ketones (excluding diaryl/α,β-unsaturated/α-hetero) is 1. The van der Waals surface area contributed by atoms with Gasteiger partial charge in [-0.05, 0) is 61.9 Å². The van der Waals surface area contributed by atoms with Crippen LogP contribution in [-0.4, -0.2) is 75.1 Å². The first kappa shape index (κ1) is 37.4. The zero-order valence-corrected chi connectivity index (χ0v) is 28.0. The first-order valence-corrected chi connectivity index (χ1v) is 16.3. The number of benzene rings is 2. The topological polar surface area (TPSA) is 216 Å². The number of carbonyl (C=O) groups is 4. The van der Waals surface area contributed by atoms with Crippen LogP contribution in [0, 0.1) is 5.21 Å². The standard InChI is InChI=1S/C35H42N5O10/c1-22-7-6-10-26(41)9-5-3-4-8-24-17-29(42)33(34(45)32(24)35(46)50-22)28(23-11-13-27(49-2)14-12-23)18-30(43)36-15-16-37-31(44)21-39-20-25(19-38-39)40(47)48/h4,8,11-14,17,19-20,22,28,42,45,47H,3,5-7,9-10,15-16,18,21H2,1-2H3,(H,36,43)(H,37,44)/q-1. The Hall–Kier alpha value is -5.41. The number of rotatable bonds is 11. The van der Waals surface area contributed by atoms with E-state index < -0.39 is 35.6 Å². The van der Waals surface area contributed by atoms with E-state index in [1.54, 1.807) is 43.3 Å². The lowest BCUT2D eigenvalue weighted by molar-refractivity contribution is -0.123. The van der Waals surface area contributed by atoms with Crippen LogP contribution in [0.5, 0.6) is 17.2 Å². The summed E-state index contributed by atoms with van der Waals surface area (Å²) >= 11 is 0. The van der Waals surface area contributed by atoms with Gasteiger partial charge in [-0.3, -0.25) is 24.3 Å². The number of nitrogens with zero attached hydrogens (tertiary/aromatic N) is 3. The number of amides is 2. The number of phenolic OH excluding ortho intramolecular Hbond substituents is 2. The number of ketones is 1. The fraction of sp³-hybridized carbons (Fsp3) is 0.400. The first-order chi connectivity index (χ1) is 24.0. The minimum Gasteiger partial charge on any atom is -0.733 e. The Morgan fingerprint density at radius 2 is 1.82 bits per heavy atom. The predicted molar refractivity (Wildman–Crippen MR) is 182 cm³/mol. The van der Waals surface area contributed by atoms with E-state index in [0.29, 0.717) is 49.8 Å². The van der Waals surface area contributed by atoms with E-state index in [4.69, 9.17) is 14.7 Å². The number of esters is 1. The summed E-state index contributed by atoms with van der Waals surface area (Å²) in [5.41, 5.74) is 0.441. The molecule has 0 saturated carbocycles. The molecule has 4 rings (SSSR count). The zero-order chi connectivity index (χ0) is 36.2. The summed E-state index contributed by atoms with van der Waals surface area (Å²) in [6.07, 6.45) is 7.85. The molecule has 50 heavy (non-hydrogen) atoms. The average Bonchev–Trinajstić information content (AvgIpc) is 3.54. The van der Waals surface area contributed by atoms with E-state index in [-0.39, 0.29) is 65.2 Å². The molecule has 0 saturated heterocycles. The highest BCUT2D eigenvalue weighted by Crippen LogP contribution is 2.44. The number of aromatic hydroxyl groups is 2. The Bertz CT molecular complexity index is 1690. The fourth-order valence-corrected chi connectivity index (χ4v) is 5.64. The van der Waals surface area contributed by atoms with Crippen LogP contribution in [-0.2, 0) is 25.7 Å². The minimum absolute atomic E-state index is 0.0397. The van der Waals surface area contributed by atoms with Gasteiger partial charge in [0.05, 0.1) is 31.3 Å². The maximum absolute atomic E-state index is 13.5. The number of hydrogen-bond acceptors (Lipinski definition) is 12. The summed E-state index contributed by atoms with van der Waals surface area (Å²) < 4.78 is 12.1. The Balaban J connectivity index is 1.56. The van der Waals surface area contributed by atoms with Crippen LogP contribution in [0.25, 0.3) is 6.08 Å². The van der Waals surface area contributed by atoms with E-state index in [1.807, 2.05) is 0 Å². The van der Waals surface area contributed by atoms with Gasteiger partial charge in [-0.25, -0.2) is 4.79 Å². The molecule has 0 aliphatic carbocycles. The summed E-state index contributed by atoms with van der Waals surface area (Å²) in [5.74, 6) is -2.82. The Morgan fingerprint density at radius 1 is 1.12 bits per heavy atom. The number of cyclic esters (lactones) is 1. The van der Waals surface area contributed by atoms with Crippen LogP contribution >= 0.6 is 0 Å². The molecule has 1 aliphatic rings. The lowest BCUT2D eigenvalue weighted by atomic mass is 9.84. The van der Waals surface area contributed by atoms with Crippen molar-refractivity contribution < 1.29 is 44.1 Å². The largest absolute Gasteiger partial charge is 0.733 e. The van der Waals surface area contributed by atoms with E-state index in [0.717, 1.165) is 10.9 Å². The van der Waals surface area contributed by atoms with Crippen LogP contribution in [0.4, 0.5) is 5.69 Å². The molecule has 15 heteroatoms. The second-order valence-corrected chi connectivity index (χ2v) is 12.0. The van der Waals surface area contributed by atoms with Crippen LogP contribution in [0.3, 0.4) is 0 Å². The molecule has 1 aliphatic heterocycles. The van der Waals surface area contributed by atoms with E-state index in [9.17, 15) is 34.6 Å². The van der Waals surface area contributed by atoms with Crippen LogP contribution in [0.2, 0.25) is 0 Å². The third-order valence-corrected chi connectivity index (χ3v) is 8.22. The minimum atomic E-state index is -0.921. The summed E-state index contributed by atoms with van der Waals surface area (Å²) in [5, 5.41) is 51.7. The van der Waals surface area contributed by atoms with Gasteiger partial charge in [0.2, 0.25) is 11.8 Å². The second-order valence-electron chi connectivity index (χ2n) is 12.0. The molecule has 0 radical (unpaired) electrons. The third kappa shape index (κ3) is 10.3. The SMILES string of the molecule is COc1ccc(C(CC(=O)NCCNC(=O)Cn2cc(N([O-])O)cn2)c2c(O)cc3c(c2O)C(=O)OC(C)CCCC(=O)CCCC=C3)cc1. The number of fused-ring (bicyclic) bond motifs is 1. The van der Waals surface area contributed by atoms with Gasteiger partial charge in [-0.15, -0.1) is 0 Å². The molecule has 0 bridgehead atoms. The molecule has 5 N–H and O–H groups in total. The quantitative estimate of drug-likeness (QED) is 0.110. The molecular weight excluding hydrogens is 650 g/mol. The highest BCUT2D eigenvalue weighted by molar-refractivity contribution is 5.98. The number of allylic oxidation sites excluding steroid dienone is 1. The van der Waals surface area contributed by atoms with Crippen molar-refractivity contribution >= 4 is 35.3 Å². The Morgan fingerprint density at radius 3 is 2.50 bits per heavy atom. The van der Waals surface area contributed by atoms with Gasteiger partial charge in [-0.1, -0.05) is 24.3 Å². The maximum atomic E-state index is 13.5. The summed E-state index contributed by atoms with van der Waals surface area (Å²) in [7, 11) is 1.50.